The standard InChI is InChI=1S/2C7H6OS.HNO2/c2*8-7(9)6-4-2-1-3-5-6;2-1-3/h2*1-5H,(H,8,9);(H,2,3). The molecule has 0 aliphatic rings. The molecule has 0 amide bonds. The molecule has 0 aliphatic carbocycles. The Labute approximate surface area is 132 Å². The van der Waals surface area contributed by atoms with Crippen molar-refractivity contribution >= 4 is 34.5 Å². The fraction of sp³-hybridized carbons (Fsp3) is 0. The van der Waals surface area contributed by atoms with Crippen LogP contribution in [0.3, 0.4) is 0 Å². The molecule has 0 heterocycles. The van der Waals surface area contributed by atoms with Gasteiger partial charge in [-0.25, -0.2) is 0 Å². The van der Waals surface area contributed by atoms with E-state index >= 15 is 0 Å². The molecule has 0 bridgehead atoms. The average molecular weight is 323 g/mol. The van der Waals surface area contributed by atoms with Gasteiger partial charge in [0, 0.05) is 11.1 Å². The van der Waals surface area contributed by atoms with Gasteiger partial charge in [-0.2, -0.15) is 0 Å². The highest BCUT2D eigenvalue weighted by Gasteiger charge is 1.92. The molecule has 0 saturated heterocycles. The SMILES string of the molecule is O=NO.OC(=S)c1ccccc1.OC(=S)c1ccccc1. The molecule has 5 nitrogen and oxygen atoms in total. The maximum Gasteiger partial charge on any atom is 0.188 e. The second kappa shape index (κ2) is 11.4. The minimum Gasteiger partial charge on any atom is -0.499 e. The van der Waals surface area contributed by atoms with Crippen LogP contribution < -0.4 is 0 Å². The molecule has 110 valence electrons. The smallest absolute Gasteiger partial charge is 0.188 e. The summed E-state index contributed by atoms with van der Waals surface area (Å²) in [5, 5.41) is 25.3. The first-order valence-electron chi connectivity index (χ1n) is 5.56. The first kappa shape index (κ1) is 18.6. The van der Waals surface area contributed by atoms with Crippen molar-refractivity contribution in [1.29, 1.82) is 0 Å². The van der Waals surface area contributed by atoms with E-state index < -0.39 is 0 Å². The number of benzene rings is 2. The zero-order valence-corrected chi connectivity index (χ0v) is 12.4. The molecule has 2 aromatic carbocycles. The maximum atomic E-state index is 8.76. The van der Waals surface area contributed by atoms with Crippen LogP contribution in [-0.4, -0.2) is 25.5 Å². The summed E-state index contributed by atoms with van der Waals surface area (Å²) in [5.41, 5.74) is 1.40. The second-order valence-electron chi connectivity index (χ2n) is 3.42. The van der Waals surface area contributed by atoms with Crippen molar-refractivity contribution in [3.8, 4) is 0 Å². The van der Waals surface area contributed by atoms with Gasteiger partial charge in [0.15, 0.2) is 15.4 Å². The third-order valence-electron chi connectivity index (χ3n) is 2.04. The summed E-state index contributed by atoms with van der Waals surface area (Å²) in [6.07, 6.45) is 0. The van der Waals surface area contributed by atoms with Crippen molar-refractivity contribution < 1.29 is 15.4 Å². The van der Waals surface area contributed by atoms with Crippen LogP contribution >= 0.6 is 24.4 Å². The molecule has 21 heavy (non-hydrogen) atoms. The van der Waals surface area contributed by atoms with Crippen molar-refractivity contribution in [1.82, 2.24) is 0 Å². The van der Waals surface area contributed by atoms with E-state index in [0.29, 0.717) is 11.1 Å². The zero-order chi connectivity index (χ0) is 16.1. The largest absolute Gasteiger partial charge is 0.499 e. The molecule has 0 saturated carbocycles. The highest BCUT2D eigenvalue weighted by Crippen LogP contribution is 1.98. The number of nitrogens with zero attached hydrogens (tertiary/aromatic N) is 1. The van der Waals surface area contributed by atoms with Crippen LogP contribution in [0, 0.1) is 4.91 Å². The molecule has 2 aromatic rings. The maximum absolute atomic E-state index is 8.76. The van der Waals surface area contributed by atoms with E-state index in [4.69, 9.17) is 20.3 Å². The van der Waals surface area contributed by atoms with Gasteiger partial charge in [0.2, 0.25) is 0 Å². The lowest BCUT2D eigenvalue weighted by molar-refractivity contribution is 0.312. The molecule has 0 aliphatic heterocycles. The van der Waals surface area contributed by atoms with Crippen LogP contribution in [0.15, 0.2) is 66.0 Å². The van der Waals surface area contributed by atoms with Gasteiger partial charge in [-0.3, -0.25) is 0 Å². The summed E-state index contributed by atoms with van der Waals surface area (Å²) in [6, 6.07) is 18.1. The molecule has 3 N–H and O–H groups in total. The zero-order valence-electron chi connectivity index (χ0n) is 10.8. The van der Waals surface area contributed by atoms with E-state index in [1.165, 1.54) is 5.34 Å². The Morgan fingerprint density at radius 3 is 1.14 bits per heavy atom. The topological polar surface area (TPSA) is 90.1 Å². The summed E-state index contributed by atoms with van der Waals surface area (Å²) >= 11 is 9.04. The lowest BCUT2D eigenvalue weighted by Gasteiger charge is -1.91. The number of aliphatic hydroxyl groups is 2. The minimum absolute atomic E-state index is 0.0457. The summed E-state index contributed by atoms with van der Waals surface area (Å²) in [6.45, 7) is 0. The highest BCUT2D eigenvalue weighted by molar-refractivity contribution is 7.80. The van der Waals surface area contributed by atoms with Crippen molar-refractivity contribution in [2.75, 3.05) is 0 Å². The van der Waals surface area contributed by atoms with Crippen LogP contribution in [-0.2, 0) is 0 Å². The third-order valence-corrected chi connectivity index (χ3v) is 2.51. The monoisotopic (exact) mass is 323 g/mol. The lowest BCUT2D eigenvalue weighted by Crippen LogP contribution is -1.91. The number of thiocarbonyl (C=S) groups is 2. The quantitative estimate of drug-likeness (QED) is 0.440. The van der Waals surface area contributed by atoms with E-state index in [-0.39, 0.29) is 10.1 Å². The Balaban J connectivity index is 0.000000322. The Hall–Kier alpha value is -2.38. The van der Waals surface area contributed by atoms with E-state index in [1.54, 1.807) is 24.3 Å². The Morgan fingerprint density at radius 2 is 1.00 bits per heavy atom. The van der Waals surface area contributed by atoms with E-state index in [1.807, 2.05) is 36.4 Å². The van der Waals surface area contributed by atoms with Crippen LogP contribution in [0.2, 0.25) is 0 Å². The van der Waals surface area contributed by atoms with Gasteiger partial charge in [0.25, 0.3) is 0 Å². The molecular formula is C14H13NO4S2. The normalized spacial score (nSPS) is 8.19. The molecule has 0 aromatic heterocycles. The molecule has 2 rings (SSSR count). The summed E-state index contributed by atoms with van der Waals surface area (Å²) in [5.74, 6) is 0. The number of rotatable bonds is 2. The highest BCUT2D eigenvalue weighted by atomic mass is 32.1. The van der Waals surface area contributed by atoms with Gasteiger partial charge < -0.3 is 15.4 Å². The van der Waals surface area contributed by atoms with Crippen LogP contribution in [0.25, 0.3) is 0 Å². The minimum atomic E-state index is -0.0457. The molecule has 0 atom stereocenters. The fourth-order valence-electron chi connectivity index (χ4n) is 1.16. The first-order chi connectivity index (χ1) is 10.0. The Morgan fingerprint density at radius 1 is 0.762 bits per heavy atom. The molecule has 0 unspecified atom stereocenters. The van der Waals surface area contributed by atoms with Crippen LogP contribution in [0.4, 0.5) is 0 Å². The Kier molecular flexibility index (Phi) is 10.1. The van der Waals surface area contributed by atoms with Crippen molar-refractivity contribution in [2.45, 2.75) is 0 Å². The summed E-state index contributed by atoms with van der Waals surface area (Å²) in [4.78, 5) is 8.11. The Bertz CT molecular complexity index is 512. The van der Waals surface area contributed by atoms with E-state index in [9.17, 15) is 0 Å². The second-order valence-corrected chi connectivity index (χ2v) is 4.20. The van der Waals surface area contributed by atoms with Gasteiger partial charge in [-0.1, -0.05) is 60.7 Å². The summed E-state index contributed by atoms with van der Waals surface area (Å²) < 4.78 is 0. The molecule has 0 spiro atoms. The summed E-state index contributed by atoms with van der Waals surface area (Å²) in [7, 11) is 0. The predicted octanol–water partition coefficient (Wildman–Crippen LogP) is 3.98. The van der Waals surface area contributed by atoms with Crippen LogP contribution in [0.1, 0.15) is 11.1 Å². The van der Waals surface area contributed by atoms with Gasteiger partial charge in [0.1, 0.15) is 0 Å². The average Bonchev–Trinajstić information content (AvgIpc) is 2.50. The fourth-order valence-corrected chi connectivity index (χ4v) is 1.43. The molecule has 0 radical (unpaired) electrons. The van der Waals surface area contributed by atoms with Crippen molar-refractivity contribution in [3.63, 3.8) is 0 Å². The van der Waals surface area contributed by atoms with Crippen molar-refractivity contribution in [3.05, 3.63) is 76.7 Å². The van der Waals surface area contributed by atoms with Crippen molar-refractivity contribution in [2.24, 2.45) is 5.34 Å². The molecule has 0 fully saturated rings. The third kappa shape index (κ3) is 9.20. The van der Waals surface area contributed by atoms with Gasteiger partial charge in [-0.05, 0) is 24.4 Å². The number of aliphatic hydroxyl groups excluding tert-OH is 2. The van der Waals surface area contributed by atoms with Gasteiger partial charge >= 0.3 is 0 Å². The molecule has 7 heteroatoms. The van der Waals surface area contributed by atoms with Gasteiger partial charge in [-0.15, -0.1) is 4.91 Å². The van der Waals surface area contributed by atoms with E-state index in [2.05, 4.69) is 24.4 Å². The number of hydrogen-bond donors (Lipinski definition) is 3. The molecular weight excluding hydrogens is 310 g/mol. The first-order valence-corrected chi connectivity index (χ1v) is 6.38. The van der Waals surface area contributed by atoms with E-state index in [0.717, 1.165) is 0 Å². The van der Waals surface area contributed by atoms with Crippen LogP contribution in [0.5, 0.6) is 0 Å². The van der Waals surface area contributed by atoms with Gasteiger partial charge in [0.05, 0.1) is 0 Å². The lowest BCUT2D eigenvalue weighted by atomic mass is 10.2. The number of hydrogen-bond acceptors (Lipinski definition) is 4. The predicted molar refractivity (Wildman–Crippen MR) is 89.1 cm³/mol.